The van der Waals surface area contributed by atoms with Crippen LogP contribution in [0.5, 0.6) is 0 Å². The maximum atomic E-state index is 12.1. The molecule has 0 saturated carbocycles. The maximum Gasteiger partial charge on any atom is 0.252 e. The lowest BCUT2D eigenvalue weighted by Crippen LogP contribution is -2.36. The molecule has 0 fully saturated rings. The number of hydrogen-bond donors (Lipinski definition) is 1. The molecule has 5 heteroatoms. The summed E-state index contributed by atoms with van der Waals surface area (Å²) in [5.74, 6) is -0.0732. The Bertz CT molecular complexity index is 409. The van der Waals surface area contributed by atoms with Crippen molar-refractivity contribution in [1.29, 1.82) is 0 Å². The van der Waals surface area contributed by atoms with Crippen LogP contribution in [-0.2, 0) is 9.53 Å². The molecule has 0 heterocycles. The van der Waals surface area contributed by atoms with Gasteiger partial charge in [-0.1, -0.05) is 37.3 Å². The summed E-state index contributed by atoms with van der Waals surface area (Å²) in [5, 5.41) is 0. The lowest BCUT2D eigenvalue weighted by Gasteiger charge is -2.22. The summed E-state index contributed by atoms with van der Waals surface area (Å²) in [6.07, 6.45) is 1.40. The minimum Gasteiger partial charge on any atom is -0.393 e. The zero-order valence-electron chi connectivity index (χ0n) is 11.2. The number of carbonyl (C=O) groups is 1. The summed E-state index contributed by atoms with van der Waals surface area (Å²) in [7, 11) is 0. The second-order valence-electron chi connectivity index (χ2n) is 4.15. The van der Waals surface area contributed by atoms with E-state index < -0.39 is 0 Å². The number of anilines is 1. The van der Waals surface area contributed by atoms with Crippen molar-refractivity contribution in [2.24, 2.45) is 5.73 Å². The lowest BCUT2D eigenvalue weighted by atomic mass is 10.2. The fourth-order valence-corrected chi connectivity index (χ4v) is 1.70. The van der Waals surface area contributed by atoms with Crippen LogP contribution in [0.4, 0.5) is 5.69 Å². The molecule has 0 radical (unpaired) electrons. The Morgan fingerprint density at radius 3 is 2.63 bits per heavy atom. The molecule has 0 aromatic heterocycles. The van der Waals surface area contributed by atoms with Crippen LogP contribution in [0.2, 0.25) is 0 Å². The Morgan fingerprint density at radius 1 is 1.37 bits per heavy atom. The van der Waals surface area contributed by atoms with Crippen LogP contribution in [0.15, 0.2) is 30.3 Å². The van der Waals surface area contributed by atoms with Crippen LogP contribution in [0.1, 0.15) is 19.8 Å². The number of nitrogens with two attached hydrogens (primary N) is 1. The summed E-state index contributed by atoms with van der Waals surface area (Å²) in [5.41, 5.74) is 6.34. The van der Waals surface area contributed by atoms with Crippen molar-refractivity contribution in [3.8, 4) is 0 Å². The highest BCUT2D eigenvalue weighted by Gasteiger charge is 2.15. The van der Waals surface area contributed by atoms with Crippen LogP contribution in [0.3, 0.4) is 0 Å². The molecule has 1 aromatic rings. The molecule has 0 bridgehead atoms. The summed E-state index contributed by atoms with van der Waals surface area (Å²) < 4.78 is 5.30. The number of ether oxygens (including phenoxy) is 1. The van der Waals surface area contributed by atoms with Crippen molar-refractivity contribution >= 4 is 28.8 Å². The first-order chi connectivity index (χ1) is 9.15. The predicted octanol–water partition coefficient (Wildman–Crippen LogP) is 2.12. The van der Waals surface area contributed by atoms with Crippen LogP contribution >= 0.6 is 12.2 Å². The number of hydrogen-bond acceptors (Lipinski definition) is 3. The monoisotopic (exact) mass is 280 g/mol. The SMILES string of the molecule is CCCOCC(=O)N(CCC(N)=S)c1ccccc1. The van der Waals surface area contributed by atoms with Gasteiger partial charge in [0.15, 0.2) is 0 Å². The number of amides is 1. The highest BCUT2D eigenvalue weighted by atomic mass is 32.1. The predicted molar refractivity (Wildman–Crippen MR) is 81.3 cm³/mol. The molecule has 0 aliphatic carbocycles. The third-order valence-corrected chi connectivity index (χ3v) is 2.73. The van der Waals surface area contributed by atoms with Crippen molar-refractivity contribution in [2.75, 3.05) is 24.7 Å². The van der Waals surface area contributed by atoms with Crippen molar-refractivity contribution in [3.63, 3.8) is 0 Å². The second-order valence-corrected chi connectivity index (χ2v) is 4.67. The molecule has 104 valence electrons. The van der Waals surface area contributed by atoms with Crippen LogP contribution in [-0.4, -0.2) is 30.7 Å². The van der Waals surface area contributed by atoms with Gasteiger partial charge in [0.05, 0.1) is 4.99 Å². The molecule has 0 saturated heterocycles. The lowest BCUT2D eigenvalue weighted by molar-refractivity contribution is -0.123. The van der Waals surface area contributed by atoms with E-state index in [0.717, 1.165) is 12.1 Å². The summed E-state index contributed by atoms with van der Waals surface area (Å²) in [6.45, 7) is 3.16. The summed E-state index contributed by atoms with van der Waals surface area (Å²) in [6, 6.07) is 9.47. The first-order valence-corrected chi connectivity index (χ1v) is 6.77. The van der Waals surface area contributed by atoms with Gasteiger partial charge in [-0.3, -0.25) is 4.79 Å². The van der Waals surface area contributed by atoms with Gasteiger partial charge < -0.3 is 15.4 Å². The van der Waals surface area contributed by atoms with Gasteiger partial charge in [-0.2, -0.15) is 0 Å². The van der Waals surface area contributed by atoms with Gasteiger partial charge in [0, 0.05) is 25.3 Å². The van der Waals surface area contributed by atoms with Gasteiger partial charge in [-0.05, 0) is 18.6 Å². The molecule has 2 N–H and O–H groups in total. The topological polar surface area (TPSA) is 55.6 Å². The van der Waals surface area contributed by atoms with Crippen molar-refractivity contribution in [1.82, 2.24) is 0 Å². The molecular weight excluding hydrogens is 260 g/mol. The zero-order chi connectivity index (χ0) is 14.1. The molecule has 0 atom stereocenters. The Labute approximate surface area is 119 Å². The number of thiocarbonyl (C=S) groups is 1. The average molecular weight is 280 g/mol. The highest BCUT2D eigenvalue weighted by molar-refractivity contribution is 7.80. The Balaban J connectivity index is 2.69. The largest absolute Gasteiger partial charge is 0.393 e. The van der Waals surface area contributed by atoms with Gasteiger partial charge >= 0.3 is 0 Å². The molecule has 0 aliphatic rings. The maximum absolute atomic E-state index is 12.1. The second kappa shape index (κ2) is 8.61. The first kappa shape index (κ1) is 15.6. The molecule has 19 heavy (non-hydrogen) atoms. The molecule has 4 nitrogen and oxygen atoms in total. The molecular formula is C14H20N2O2S. The van der Waals surface area contributed by atoms with E-state index in [2.05, 4.69) is 0 Å². The van der Waals surface area contributed by atoms with Gasteiger partial charge in [-0.15, -0.1) is 0 Å². The van der Waals surface area contributed by atoms with Crippen molar-refractivity contribution in [3.05, 3.63) is 30.3 Å². The van der Waals surface area contributed by atoms with E-state index in [1.807, 2.05) is 37.3 Å². The van der Waals surface area contributed by atoms with E-state index in [-0.39, 0.29) is 12.5 Å². The quantitative estimate of drug-likeness (QED) is 0.585. The molecule has 0 aliphatic heterocycles. The van der Waals surface area contributed by atoms with Crippen LogP contribution in [0, 0.1) is 0 Å². The van der Waals surface area contributed by atoms with E-state index in [0.29, 0.717) is 24.6 Å². The van der Waals surface area contributed by atoms with E-state index >= 15 is 0 Å². The molecule has 1 rings (SSSR count). The standard InChI is InChI=1S/C14H20N2O2S/c1-2-10-18-11-14(17)16(9-8-13(15)19)12-6-4-3-5-7-12/h3-7H,2,8-11H2,1H3,(H2,15,19). The first-order valence-electron chi connectivity index (χ1n) is 6.36. The van der Waals surface area contributed by atoms with E-state index in [9.17, 15) is 4.79 Å². The van der Waals surface area contributed by atoms with Gasteiger partial charge in [0.1, 0.15) is 6.61 Å². The summed E-state index contributed by atoms with van der Waals surface area (Å²) in [4.78, 5) is 14.2. The van der Waals surface area contributed by atoms with E-state index in [1.165, 1.54) is 0 Å². The highest BCUT2D eigenvalue weighted by Crippen LogP contribution is 2.14. The van der Waals surface area contributed by atoms with Gasteiger partial charge in [-0.25, -0.2) is 0 Å². The van der Waals surface area contributed by atoms with Crippen molar-refractivity contribution in [2.45, 2.75) is 19.8 Å². The smallest absolute Gasteiger partial charge is 0.252 e. The number of para-hydroxylation sites is 1. The van der Waals surface area contributed by atoms with Crippen molar-refractivity contribution < 1.29 is 9.53 Å². The minimum absolute atomic E-state index is 0.0732. The van der Waals surface area contributed by atoms with Crippen LogP contribution in [0.25, 0.3) is 0 Å². The minimum atomic E-state index is -0.0732. The third-order valence-electron chi connectivity index (χ3n) is 2.52. The van der Waals surface area contributed by atoms with Gasteiger partial charge in [0.2, 0.25) is 0 Å². The van der Waals surface area contributed by atoms with Gasteiger partial charge in [0.25, 0.3) is 5.91 Å². The normalized spacial score (nSPS) is 10.2. The number of nitrogens with zero attached hydrogens (tertiary/aromatic N) is 1. The molecule has 0 unspecified atom stereocenters. The summed E-state index contributed by atoms with van der Waals surface area (Å²) >= 11 is 4.87. The fourth-order valence-electron chi connectivity index (χ4n) is 1.61. The Morgan fingerprint density at radius 2 is 2.05 bits per heavy atom. The van der Waals surface area contributed by atoms with Crippen LogP contribution < -0.4 is 10.6 Å². The fraction of sp³-hybridized carbons (Fsp3) is 0.429. The Hall–Kier alpha value is -1.46. The Kier molecular flexibility index (Phi) is 7.07. The number of rotatable bonds is 8. The molecule has 0 spiro atoms. The van der Waals surface area contributed by atoms with E-state index in [4.69, 9.17) is 22.7 Å². The third kappa shape index (κ3) is 5.81. The molecule has 1 amide bonds. The number of benzene rings is 1. The van der Waals surface area contributed by atoms with E-state index in [1.54, 1.807) is 4.90 Å². The molecule has 1 aromatic carbocycles. The average Bonchev–Trinajstić information content (AvgIpc) is 2.40. The number of carbonyl (C=O) groups excluding carboxylic acids is 1. The zero-order valence-corrected chi connectivity index (χ0v) is 12.0.